The van der Waals surface area contributed by atoms with Crippen LogP contribution in [0.4, 0.5) is 0 Å². The first-order valence-corrected chi connectivity index (χ1v) is 5.62. The summed E-state index contributed by atoms with van der Waals surface area (Å²) in [5.74, 6) is 0. The molecule has 3 nitrogen and oxygen atoms in total. The maximum atomic E-state index is 8.71. The summed E-state index contributed by atoms with van der Waals surface area (Å²) in [7, 11) is 0.991. The Morgan fingerprint density at radius 2 is 2.17 bits per heavy atom. The summed E-state index contributed by atoms with van der Waals surface area (Å²) in [6.45, 7) is 0.852. The molecule has 1 aliphatic rings. The number of rotatable bonds is 3. The van der Waals surface area contributed by atoms with Gasteiger partial charge >= 0.3 is 0 Å². The van der Waals surface area contributed by atoms with Crippen LogP contribution in [0.3, 0.4) is 0 Å². The number of aliphatic hydroxyl groups is 2. The summed E-state index contributed by atoms with van der Waals surface area (Å²) in [4.78, 5) is 0. The van der Waals surface area contributed by atoms with E-state index in [1.807, 2.05) is 0 Å². The van der Waals surface area contributed by atoms with Gasteiger partial charge in [-0.05, 0) is 25.7 Å². The summed E-state index contributed by atoms with van der Waals surface area (Å²) in [6, 6.07) is 0. The van der Waals surface area contributed by atoms with Gasteiger partial charge in [0.05, 0.1) is 0 Å². The van der Waals surface area contributed by atoms with E-state index in [-0.39, 0.29) is 5.22 Å². The minimum Gasteiger partial charge on any atom is -0.380 e. The molecule has 1 atom stereocenters. The van der Waals surface area contributed by atoms with Gasteiger partial charge in [0.2, 0.25) is 0 Å². The molecule has 0 saturated carbocycles. The van der Waals surface area contributed by atoms with Gasteiger partial charge in [-0.25, -0.2) is 0 Å². The normalized spacial score (nSPS) is 31.2. The highest BCUT2D eigenvalue weighted by molar-refractivity contribution is 6.14. The molecule has 1 rings (SSSR count). The van der Waals surface area contributed by atoms with Crippen LogP contribution >= 0.6 is 0 Å². The fraction of sp³-hybridized carbons (Fsp3) is 1.00. The molecule has 4 heteroatoms. The predicted octanol–water partition coefficient (Wildman–Crippen LogP) is -0.661. The number of ether oxygens (including phenoxy) is 1. The molecule has 0 aromatic rings. The number of hydrogen-bond acceptors (Lipinski definition) is 3. The van der Waals surface area contributed by atoms with Crippen molar-refractivity contribution in [2.45, 2.75) is 43.6 Å². The molecule has 0 amide bonds. The van der Waals surface area contributed by atoms with Crippen LogP contribution in [0.25, 0.3) is 0 Å². The van der Waals surface area contributed by atoms with Crippen molar-refractivity contribution >= 4 is 10.2 Å². The van der Waals surface area contributed by atoms with Crippen molar-refractivity contribution in [2.24, 2.45) is 0 Å². The lowest BCUT2D eigenvalue weighted by Crippen LogP contribution is -2.37. The van der Waals surface area contributed by atoms with E-state index in [2.05, 4.69) is 0 Å². The van der Waals surface area contributed by atoms with Gasteiger partial charge in [-0.15, -0.1) is 0 Å². The van der Waals surface area contributed by atoms with Gasteiger partial charge in [-0.3, -0.25) is 0 Å². The van der Waals surface area contributed by atoms with Gasteiger partial charge in [-0.2, -0.15) is 0 Å². The van der Waals surface area contributed by atoms with Gasteiger partial charge in [0, 0.05) is 28.5 Å². The van der Waals surface area contributed by atoms with Gasteiger partial charge in [0.25, 0.3) is 0 Å². The van der Waals surface area contributed by atoms with Crippen LogP contribution in [0, 0.1) is 0 Å². The smallest absolute Gasteiger partial charge is 0.151 e. The fourth-order valence-electron chi connectivity index (χ4n) is 1.62. The first-order chi connectivity index (χ1) is 5.62. The summed E-state index contributed by atoms with van der Waals surface area (Å²) in [5.41, 5.74) is 0. The van der Waals surface area contributed by atoms with Crippen LogP contribution < -0.4 is 0 Å². The zero-order chi connectivity index (χ0) is 9.03. The van der Waals surface area contributed by atoms with Crippen molar-refractivity contribution in [3.63, 3.8) is 0 Å². The minimum atomic E-state index is -1.17. The van der Waals surface area contributed by atoms with Gasteiger partial charge in [0.15, 0.2) is 6.29 Å². The Hall–Kier alpha value is 0.0969. The molecule has 0 radical (unpaired) electrons. The molecular weight excluding hydrogens is 172 g/mol. The van der Waals surface area contributed by atoms with Crippen molar-refractivity contribution in [3.8, 4) is 0 Å². The molecule has 0 spiro atoms. The predicted molar refractivity (Wildman–Crippen MR) is 49.9 cm³/mol. The molecule has 12 heavy (non-hydrogen) atoms. The summed E-state index contributed by atoms with van der Waals surface area (Å²) < 4.78 is 5.66. The average molecular weight is 190 g/mol. The number of hydrogen-bond donors (Lipinski definition) is 2. The van der Waals surface area contributed by atoms with E-state index < -0.39 is 6.29 Å². The second-order valence-corrected chi connectivity index (χ2v) is 5.60. The molecule has 0 aliphatic carbocycles. The molecule has 1 saturated heterocycles. The van der Waals surface area contributed by atoms with Gasteiger partial charge in [0.1, 0.15) is 0 Å². The molecule has 0 bridgehead atoms. The van der Waals surface area contributed by atoms with Crippen LogP contribution in [0.5, 0.6) is 0 Å². The molecule has 2 N–H and O–H groups in total. The van der Waals surface area contributed by atoms with E-state index in [9.17, 15) is 0 Å². The monoisotopic (exact) mass is 190 g/mol. The Kier molecular flexibility index (Phi) is 3.70. The quantitative estimate of drug-likeness (QED) is 0.459. The van der Waals surface area contributed by atoms with E-state index in [1.54, 1.807) is 0 Å². The molecular formula is C8H18O3Si. The Morgan fingerprint density at radius 3 is 2.67 bits per heavy atom. The molecule has 1 aliphatic heterocycles. The third-order valence-electron chi connectivity index (χ3n) is 2.48. The van der Waals surface area contributed by atoms with Crippen LogP contribution in [-0.4, -0.2) is 38.6 Å². The second kappa shape index (κ2) is 4.37. The minimum absolute atomic E-state index is 0.0297. The van der Waals surface area contributed by atoms with E-state index >= 15 is 0 Å². The summed E-state index contributed by atoms with van der Waals surface area (Å²) in [5, 5.41) is 17.5. The largest absolute Gasteiger partial charge is 0.380 e. The standard InChI is InChI=1S/C8H18O3Si/c9-7(10)3-5-8(12)4-1-2-6-11-8/h7,9-10H,1-6H2,12H3. The topological polar surface area (TPSA) is 49.7 Å². The number of aliphatic hydroxyl groups excluding tert-OH is 1. The molecule has 1 fully saturated rings. The lowest BCUT2D eigenvalue weighted by molar-refractivity contribution is -0.0746. The van der Waals surface area contributed by atoms with Crippen LogP contribution in [0.2, 0.25) is 0 Å². The van der Waals surface area contributed by atoms with Crippen molar-refractivity contribution < 1.29 is 14.9 Å². The van der Waals surface area contributed by atoms with Gasteiger partial charge < -0.3 is 14.9 Å². The summed E-state index contributed by atoms with van der Waals surface area (Å²) >= 11 is 0. The lowest BCUT2D eigenvalue weighted by atomic mass is 10.0. The van der Waals surface area contributed by atoms with Crippen LogP contribution in [-0.2, 0) is 4.74 Å². The Morgan fingerprint density at radius 1 is 1.42 bits per heavy atom. The van der Waals surface area contributed by atoms with Crippen molar-refractivity contribution in [1.82, 2.24) is 0 Å². The third kappa shape index (κ3) is 3.22. The molecule has 0 aromatic heterocycles. The maximum absolute atomic E-state index is 8.71. The van der Waals surface area contributed by atoms with Crippen molar-refractivity contribution in [1.29, 1.82) is 0 Å². The highest BCUT2D eigenvalue weighted by atomic mass is 28.1. The molecule has 1 unspecified atom stereocenters. The van der Waals surface area contributed by atoms with E-state index in [1.165, 1.54) is 6.42 Å². The van der Waals surface area contributed by atoms with Crippen LogP contribution in [0.15, 0.2) is 0 Å². The maximum Gasteiger partial charge on any atom is 0.151 e. The van der Waals surface area contributed by atoms with E-state index in [4.69, 9.17) is 14.9 Å². The Bertz CT molecular complexity index is 132. The zero-order valence-electron chi connectivity index (χ0n) is 7.62. The van der Waals surface area contributed by atoms with E-state index in [0.29, 0.717) is 6.42 Å². The lowest BCUT2D eigenvalue weighted by Gasteiger charge is -2.34. The van der Waals surface area contributed by atoms with E-state index in [0.717, 1.165) is 36.1 Å². The highest BCUT2D eigenvalue weighted by Gasteiger charge is 2.27. The van der Waals surface area contributed by atoms with Crippen LogP contribution in [0.1, 0.15) is 32.1 Å². The Labute approximate surface area is 76.2 Å². The SMILES string of the molecule is OC(O)CCC1([SiH3])CCCCO1. The van der Waals surface area contributed by atoms with Gasteiger partial charge in [-0.1, -0.05) is 0 Å². The molecule has 72 valence electrons. The second-order valence-electron chi connectivity index (χ2n) is 3.77. The van der Waals surface area contributed by atoms with Crippen molar-refractivity contribution in [3.05, 3.63) is 0 Å². The first-order valence-electron chi connectivity index (χ1n) is 4.62. The average Bonchev–Trinajstić information content (AvgIpc) is 2.03. The molecule has 0 aromatic carbocycles. The highest BCUT2D eigenvalue weighted by Crippen LogP contribution is 2.26. The zero-order valence-corrected chi connectivity index (χ0v) is 9.62. The third-order valence-corrected chi connectivity index (χ3v) is 3.77. The fourth-order valence-corrected chi connectivity index (χ4v) is 2.47. The van der Waals surface area contributed by atoms with Crippen molar-refractivity contribution in [2.75, 3.05) is 6.61 Å². The first kappa shape index (κ1) is 10.2. The summed E-state index contributed by atoms with van der Waals surface area (Å²) in [6.07, 6.45) is 3.57. The molecule has 1 heterocycles. The Balaban J connectivity index is 2.26.